The Morgan fingerprint density at radius 2 is 2.00 bits per heavy atom. The molecular weight excluding hydrogens is 246 g/mol. The van der Waals surface area contributed by atoms with E-state index in [4.69, 9.17) is 10.8 Å². The topological polar surface area (TPSA) is 63.3 Å². The molecule has 0 aliphatic heterocycles. The summed E-state index contributed by atoms with van der Waals surface area (Å²) in [6.45, 7) is 0.382. The second-order valence-corrected chi connectivity index (χ2v) is 3.94. The molecule has 1 aromatic rings. The number of carbonyl (C=O) groups is 1. The van der Waals surface area contributed by atoms with Crippen LogP contribution in [-0.4, -0.2) is 17.6 Å². The Balaban J connectivity index is 2.87. The van der Waals surface area contributed by atoms with Gasteiger partial charge in [0.1, 0.15) is 0 Å². The molecule has 0 radical (unpaired) electrons. The second-order valence-electron chi connectivity index (χ2n) is 3.02. The number of carboxylic acids is 1. The zero-order valence-electron chi connectivity index (χ0n) is 7.61. The molecule has 0 saturated carbocycles. The van der Waals surface area contributed by atoms with E-state index >= 15 is 0 Å². The Morgan fingerprint density at radius 3 is 2.43 bits per heavy atom. The fraction of sp³-hybridized carbons (Fsp3) is 0.300. The summed E-state index contributed by atoms with van der Waals surface area (Å²) in [5, 5.41) is 8.96. The summed E-state index contributed by atoms with van der Waals surface area (Å²) in [6, 6.07) is 7.28. The van der Waals surface area contributed by atoms with Crippen molar-refractivity contribution in [2.24, 2.45) is 5.73 Å². The van der Waals surface area contributed by atoms with Crippen molar-refractivity contribution < 1.29 is 9.90 Å². The first-order valence-electron chi connectivity index (χ1n) is 4.33. The van der Waals surface area contributed by atoms with Gasteiger partial charge in [-0.1, -0.05) is 28.1 Å². The van der Waals surface area contributed by atoms with Crippen molar-refractivity contribution in [1.29, 1.82) is 0 Å². The summed E-state index contributed by atoms with van der Waals surface area (Å²) >= 11 is 3.30. The van der Waals surface area contributed by atoms with Crippen molar-refractivity contribution in [3.8, 4) is 0 Å². The molecule has 3 nitrogen and oxygen atoms in total. The number of hydrogen-bond donors (Lipinski definition) is 2. The van der Waals surface area contributed by atoms with Gasteiger partial charge < -0.3 is 10.8 Å². The molecule has 0 bridgehead atoms. The van der Waals surface area contributed by atoms with Crippen molar-refractivity contribution in [2.45, 2.75) is 12.3 Å². The molecule has 4 heteroatoms. The van der Waals surface area contributed by atoms with Crippen LogP contribution in [0.1, 0.15) is 17.9 Å². The molecule has 0 fully saturated rings. The van der Waals surface area contributed by atoms with Crippen LogP contribution in [0.15, 0.2) is 28.7 Å². The molecule has 0 aromatic heterocycles. The zero-order valence-corrected chi connectivity index (χ0v) is 9.20. The van der Waals surface area contributed by atoms with E-state index in [1.54, 1.807) is 12.1 Å². The number of benzene rings is 1. The smallest absolute Gasteiger partial charge is 0.311 e. The van der Waals surface area contributed by atoms with Crippen molar-refractivity contribution in [1.82, 2.24) is 0 Å². The molecule has 14 heavy (non-hydrogen) atoms. The van der Waals surface area contributed by atoms with Crippen LogP contribution in [0.2, 0.25) is 0 Å². The lowest BCUT2D eigenvalue weighted by Crippen LogP contribution is -2.15. The van der Waals surface area contributed by atoms with Gasteiger partial charge in [-0.2, -0.15) is 0 Å². The van der Waals surface area contributed by atoms with E-state index in [-0.39, 0.29) is 0 Å². The van der Waals surface area contributed by atoms with Gasteiger partial charge in [0.15, 0.2) is 0 Å². The maximum Gasteiger partial charge on any atom is 0.311 e. The lowest BCUT2D eigenvalue weighted by atomic mass is 9.96. The van der Waals surface area contributed by atoms with Crippen LogP contribution >= 0.6 is 15.9 Å². The van der Waals surface area contributed by atoms with Crippen LogP contribution in [-0.2, 0) is 4.79 Å². The molecule has 1 rings (SSSR count). The molecule has 1 unspecified atom stereocenters. The Bertz CT molecular complexity index is 310. The molecule has 0 spiro atoms. The monoisotopic (exact) mass is 257 g/mol. The fourth-order valence-electron chi connectivity index (χ4n) is 1.29. The van der Waals surface area contributed by atoms with E-state index < -0.39 is 11.9 Å². The van der Waals surface area contributed by atoms with Crippen LogP contribution in [0.3, 0.4) is 0 Å². The number of nitrogens with two attached hydrogens (primary N) is 1. The third-order valence-electron chi connectivity index (χ3n) is 2.03. The van der Waals surface area contributed by atoms with Crippen LogP contribution in [0.4, 0.5) is 0 Å². The summed E-state index contributed by atoms with van der Waals surface area (Å²) in [5.41, 5.74) is 6.16. The van der Waals surface area contributed by atoms with Gasteiger partial charge in [0.2, 0.25) is 0 Å². The molecule has 76 valence electrons. The van der Waals surface area contributed by atoms with E-state index in [0.29, 0.717) is 13.0 Å². The summed E-state index contributed by atoms with van der Waals surface area (Å²) < 4.78 is 0.943. The Kier molecular flexibility index (Phi) is 4.10. The number of carboxylic acid groups (broad SMARTS) is 1. The van der Waals surface area contributed by atoms with E-state index in [0.717, 1.165) is 10.0 Å². The first-order chi connectivity index (χ1) is 6.65. The van der Waals surface area contributed by atoms with Crippen LogP contribution in [0, 0.1) is 0 Å². The van der Waals surface area contributed by atoms with E-state index in [1.165, 1.54) is 0 Å². The summed E-state index contributed by atoms with van der Waals surface area (Å²) in [5.74, 6) is -1.31. The van der Waals surface area contributed by atoms with Gasteiger partial charge >= 0.3 is 5.97 Å². The third kappa shape index (κ3) is 2.82. The molecule has 0 amide bonds. The van der Waals surface area contributed by atoms with Crippen LogP contribution < -0.4 is 5.73 Å². The minimum absolute atomic E-state index is 0.382. The number of halogens is 1. The quantitative estimate of drug-likeness (QED) is 0.867. The average molecular weight is 258 g/mol. The standard InChI is InChI=1S/C10H12BrNO2/c11-8-3-1-7(2-4-8)9(5-6-12)10(13)14/h1-4,9H,5-6,12H2,(H,13,14). The van der Waals surface area contributed by atoms with Gasteiger partial charge in [-0.15, -0.1) is 0 Å². The van der Waals surface area contributed by atoms with Crippen LogP contribution in [0.5, 0.6) is 0 Å². The summed E-state index contributed by atoms with van der Waals surface area (Å²) in [4.78, 5) is 10.9. The minimum atomic E-state index is -0.822. The highest BCUT2D eigenvalue weighted by atomic mass is 79.9. The minimum Gasteiger partial charge on any atom is -0.481 e. The normalized spacial score (nSPS) is 12.4. The second kappa shape index (κ2) is 5.12. The van der Waals surface area contributed by atoms with Gasteiger partial charge in [0.05, 0.1) is 5.92 Å². The predicted molar refractivity (Wildman–Crippen MR) is 58.2 cm³/mol. The average Bonchev–Trinajstić information content (AvgIpc) is 2.15. The van der Waals surface area contributed by atoms with Crippen molar-refractivity contribution in [3.63, 3.8) is 0 Å². The molecule has 0 aliphatic rings. The molecule has 3 N–H and O–H groups in total. The Hall–Kier alpha value is -0.870. The largest absolute Gasteiger partial charge is 0.481 e. The maximum absolute atomic E-state index is 10.9. The molecule has 0 saturated heterocycles. The molecule has 1 aromatic carbocycles. The first kappa shape index (κ1) is 11.2. The van der Waals surface area contributed by atoms with E-state index in [9.17, 15) is 4.79 Å². The summed E-state index contributed by atoms with van der Waals surface area (Å²) in [6.07, 6.45) is 0.469. The number of aliphatic carboxylic acids is 1. The lowest BCUT2D eigenvalue weighted by Gasteiger charge is -2.11. The highest BCUT2D eigenvalue weighted by Gasteiger charge is 2.18. The third-order valence-corrected chi connectivity index (χ3v) is 2.55. The summed E-state index contributed by atoms with van der Waals surface area (Å²) in [7, 11) is 0. The van der Waals surface area contributed by atoms with Crippen molar-refractivity contribution in [3.05, 3.63) is 34.3 Å². The van der Waals surface area contributed by atoms with Crippen molar-refractivity contribution >= 4 is 21.9 Å². The zero-order chi connectivity index (χ0) is 10.6. The number of rotatable bonds is 4. The van der Waals surface area contributed by atoms with E-state index in [1.807, 2.05) is 12.1 Å². The first-order valence-corrected chi connectivity index (χ1v) is 5.12. The van der Waals surface area contributed by atoms with Gasteiger partial charge in [0.25, 0.3) is 0 Å². The lowest BCUT2D eigenvalue weighted by molar-refractivity contribution is -0.138. The maximum atomic E-state index is 10.9. The van der Waals surface area contributed by atoms with Gasteiger partial charge in [-0.25, -0.2) is 0 Å². The predicted octanol–water partition coefficient (Wildman–Crippen LogP) is 1.97. The van der Waals surface area contributed by atoms with Gasteiger partial charge in [0, 0.05) is 4.47 Å². The number of hydrogen-bond acceptors (Lipinski definition) is 2. The molecule has 1 atom stereocenters. The van der Waals surface area contributed by atoms with Gasteiger partial charge in [-0.3, -0.25) is 4.79 Å². The van der Waals surface area contributed by atoms with Crippen molar-refractivity contribution in [2.75, 3.05) is 6.54 Å². The van der Waals surface area contributed by atoms with E-state index in [2.05, 4.69) is 15.9 Å². The highest BCUT2D eigenvalue weighted by molar-refractivity contribution is 9.10. The SMILES string of the molecule is NCCC(C(=O)O)c1ccc(Br)cc1. The van der Waals surface area contributed by atoms with Gasteiger partial charge in [-0.05, 0) is 30.7 Å². The van der Waals surface area contributed by atoms with Crippen LogP contribution in [0.25, 0.3) is 0 Å². The Labute approximate surface area is 91.1 Å². The molecule has 0 heterocycles. The Morgan fingerprint density at radius 1 is 1.43 bits per heavy atom. The fourth-order valence-corrected chi connectivity index (χ4v) is 1.56. The molecule has 0 aliphatic carbocycles. The molecular formula is C10H12BrNO2. The highest BCUT2D eigenvalue weighted by Crippen LogP contribution is 2.21.